The topological polar surface area (TPSA) is 61.2 Å². The molecule has 104 valence electrons. The highest BCUT2D eigenvalue weighted by molar-refractivity contribution is 7.91. The van der Waals surface area contributed by atoms with Gasteiger partial charge in [-0.15, -0.1) is 11.3 Å². The Morgan fingerprint density at radius 3 is 2.63 bits per heavy atom. The third-order valence-corrected chi connectivity index (χ3v) is 7.10. The first-order valence-electron chi connectivity index (χ1n) is 6.57. The van der Waals surface area contributed by atoms with Gasteiger partial charge in [0, 0.05) is 10.9 Å². The lowest BCUT2D eigenvalue weighted by Crippen LogP contribution is -2.38. The molecule has 0 spiro atoms. The number of thiophene rings is 1. The second-order valence-electron chi connectivity index (χ2n) is 4.72. The van der Waals surface area contributed by atoms with E-state index < -0.39 is 10.0 Å². The molecule has 1 saturated carbocycles. The van der Waals surface area contributed by atoms with E-state index >= 15 is 0 Å². The maximum absolute atomic E-state index is 12.6. The fraction of sp³-hybridized carbons (Fsp3) is 0.615. The molecule has 1 aromatic heterocycles. The summed E-state index contributed by atoms with van der Waals surface area (Å²) in [6.45, 7) is 1.96. The minimum Gasteiger partial charge on any atom is -0.206 e. The summed E-state index contributed by atoms with van der Waals surface area (Å²) < 4.78 is 27.0. The van der Waals surface area contributed by atoms with Crippen LogP contribution < -0.4 is 0 Å². The highest BCUT2D eigenvalue weighted by atomic mass is 32.2. The smallest absolute Gasteiger partial charge is 0.206 e. The highest BCUT2D eigenvalue weighted by Gasteiger charge is 2.33. The van der Waals surface area contributed by atoms with Crippen molar-refractivity contribution in [2.24, 2.45) is 0 Å². The van der Waals surface area contributed by atoms with Gasteiger partial charge >= 0.3 is 0 Å². The van der Waals surface area contributed by atoms with Crippen LogP contribution in [0.3, 0.4) is 0 Å². The molecule has 6 heteroatoms. The fourth-order valence-corrected chi connectivity index (χ4v) is 5.48. The lowest BCUT2D eigenvalue weighted by molar-refractivity contribution is 0.351. The first kappa shape index (κ1) is 14.5. The van der Waals surface area contributed by atoms with Gasteiger partial charge in [-0.2, -0.15) is 9.57 Å². The zero-order valence-electron chi connectivity index (χ0n) is 11.0. The molecule has 1 aliphatic carbocycles. The third-order valence-electron chi connectivity index (χ3n) is 3.51. The van der Waals surface area contributed by atoms with Crippen molar-refractivity contribution in [1.82, 2.24) is 4.31 Å². The van der Waals surface area contributed by atoms with Crippen LogP contribution in [-0.2, 0) is 16.4 Å². The fourth-order valence-electron chi connectivity index (χ4n) is 2.47. The summed E-state index contributed by atoms with van der Waals surface area (Å²) in [4.78, 5) is 1.06. The van der Waals surface area contributed by atoms with E-state index in [9.17, 15) is 8.42 Å². The van der Waals surface area contributed by atoms with E-state index in [4.69, 9.17) is 5.26 Å². The molecule has 0 N–H and O–H groups in total. The molecule has 1 aliphatic rings. The molecule has 1 aromatic rings. The first-order valence-corrected chi connectivity index (χ1v) is 8.82. The zero-order valence-corrected chi connectivity index (χ0v) is 12.6. The molecule has 0 saturated heterocycles. The minimum absolute atomic E-state index is 0.00294. The Balaban J connectivity index is 2.31. The number of sulfonamides is 1. The van der Waals surface area contributed by atoms with Crippen LogP contribution in [0.25, 0.3) is 0 Å². The maximum Gasteiger partial charge on any atom is 0.253 e. The van der Waals surface area contributed by atoms with Gasteiger partial charge in [-0.1, -0.05) is 19.8 Å². The number of aryl methyl sites for hydroxylation is 1. The molecule has 1 fully saturated rings. The van der Waals surface area contributed by atoms with E-state index in [2.05, 4.69) is 0 Å². The van der Waals surface area contributed by atoms with Crippen LogP contribution >= 0.6 is 11.3 Å². The van der Waals surface area contributed by atoms with Crippen molar-refractivity contribution in [3.8, 4) is 6.07 Å². The van der Waals surface area contributed by atoms with Crippen LogP contribution in [0.1, 0.15) is 37.5 Å². The Hall–Kier alpha value is -0.900. The number of nitriles is 1. The van der Waals surface area contributed by atoms with E-state index in [-0.39, 0.29) is 12.6 Å². The molecular weight excluding hydrogens is 280 g/mol. The van der Waals surface area contributed by atoms with Gasteiger partial charge in [0.1, 0.15) is 10.8 Å². The molecular formula is C13H18N2O2S2. The van der Waals surface area contributed by atoms with Crippen LogP contribution in [-0.4, -0.2) is 25.3 Å². The predicted octanol–water partition coefficient (Wildman–Crippen LogP) is 2.77. The average molecular weight is 298 g/mol. The van der Waals surface area contributed by atoms with E-state index in [0.717, 1.165) is 37.0 Å². The summed E-state index contributed by atoms with van der Waals surface area (Å²) in [7, 11) is -3.51. The molecule has 1 heterocycles. The molecule has 0 unspecified atom stereocenters. The molecule has 0 aliphatic heterocycles. The van der Waals surface area contributed by atoms with Crippen molar-refractivity contribution in [3.63, 3.8) is 0 Å². The summed E-state index contributed by atoms with van der Waals surface area (Å²) in [6, 6.07) is 5.51. The molecule has 0 atom stereocenters. The first-order chi connectivity index (χ1) is 9.09. The van der Waals surface area contributed by atoms with Gasteiger partial charge in [-0.05, 0) is 31.4 Å². The van der Waals surface area contributed by atoms with Crippen LogP contribution in [0.4, 0.5) is 0 Å². The molecule has 19 heavy (non-hydrogen) atoms. The molecule has 0 radical (unpaired) electrons. The SMILES string of the molecule is CCc1ccc(S(=O)(=O)N(CC#N)C2CCCC2)s1. The number of nitrogens with zero attached hydrogens (tertiary/aromatic N) is 2. The van der Waals surface area contributed by atoms with Gasteiger partial charge in [0.2, 0.25) is 0 Å². The monoisotopic (exact) mass is 298 g/mol. The number of hydrogen-bond acceptors (Lipinski definition) is 4. The lowest BCUT2D eigenvalue weighted by Gasteiger charge is -2.24. The second kappa shape index (κ2) is 6.04. The molecule has 0 amide bonds. The number of rotatable bonds is 5. The van der Waals surface area contributed by atoms with Gasteiger partial charge in [0.15, 0.2) is 0 Å². The van der Waals surface area contributed by atoms with E-state index in [1.165, 1.54) is 15.6 Å². The Bertz CT molecular complexity index is 566. The minimum atomic E-state index is -3.51. The predicted molar refractivity (Wildman–Crippen MR) is 75.5 cm³/mol. The van der Waals surface area contributed by atoms with E-state index in [1.54, 1.807) is 6.07 Å². The van der Waals surface area contributed by atoms with Crippen molar-refractivity contribution < 1.29 is 8.42 Å². The number of hydrogen-bond donors (Lipinski definition) is 0. The van der Waals surface area contributed by atoms with Crippen molar-refractivity contribution in [2.45, 2.75) is 49.3 Å². The van der Waals surface area contributed by atoms with Crippen LogP contribution in [0.5, 0.6) is 0 Å². The largest absolute Gasteiger partial charge is 0.253 e. The Morgan fingerprint density at radius 2 is 2.11 bits per heavy atom. The molecule has 0 aromatic carbocycles. The van der Waals surface area contributed by atoms with Gasteiger partial charge in [-0.3, -0.25) is 0 Å². The van der Waals surface area contributed by atoms with Crippen molar-refractivity contribution in [1.29, 1.82) is 5.26 Å². The summed E-state index contributed by atoms with van der Waals surface area (Å²) in [5.41, 5.74) is 0. The summed E-state index contributed by atoms with van der Waals surface area (Å²) in [5, 5.41) is 8.91. The quantitative estimate of drug-likeness (QED) is 0.785. The molecule has 4 nitrogen and oxygen atoms in total. The van der Waals surface area contributed by atoms with Gasteiger partial charge in [-0.25, -0.2) is 8.42 Å². The summed E-state index contributed by atoms with van der Waals surface area (Å²) in [6.07, 6.45) is 4.67. The van der Waals surface area contributed by atoms with Gasteiger partial charge < -0.3 is 0 Å². The normalized spacial score (nSPS) is 16.9. The van der Waals surface area contributed by atoms with Crippen molar-refractivity contribution in [3.05, 3.63) is 17.0 Å². The van der Waals surface area contributed by atoms with Gasteiger partial charge in [0.05, 0.1) is 6.07 Å². The standard InChI is InChI=1S/C13H18N2O2S2/c1-2-12-7-8-13(18-12)19(16,17)15(10-9-14)11-5-3-4-6-11/h7-8,11H,2-6,10H2,1H3. The lowest BCUT2D eigenvalue weighted by atomic mass is 10.2. The Labute approximate surface area is 118 Å². The van der Waals surface area contributed by atoms with Crippen LogP contribution in [0.15, 0.2) is 16.3 Å². The van der Waals surface area contributed by atoms with Crippen molar-refractivity contribution in [2.75, 3.05) is 6.54 Å². The van der Waals surface area contributed by atoms with Crippen LogP contribution in [0.2, 0.25) is 0 Å². The highest BCUT2D eigenvalue weighted by Crippen LogP contribution is 2.31. The van der Waals surface area contributed by atoms with Crippen LogP contribution in [0, 0.1) is 11.3 Å². The summed E-state index contributed by atoms with van der Waals surface area (Å²) >= 11 is 1.31. The van der Waals surface area contributed by atoms with Crippen molar-refractivity contribution >= 4 is 21.4 Å². The van der Waals surface area contributed by atoms with E-state index in [0.29, 0.717) is 4.21 Å². The summed E-state index contributed by atoms with van der Waals surface area (Å²) in [5.74, 6) is 0. The maximum atomic E-state index is 12.6. The Kier molecular flexibility index (Phi) is 4.61. The molecule has 0 bridgehead atoms. The average Bonchev–Trinajstić information content (AvgIpc) is 3.06. The second-order valence-corrected chi connectivity index (χ2v) is 8.01. The van der Waals surface area contributed by atoms with E-state index in [1.807, 2.05) is 19.1 Å². The third kappa shape index (κ3) is 2.99. The molecule has 2 rings (SSSR count). The van der Waals surface area contributed by atoms with Gasteiger partial charge in [0.25, 0.3) is 10.0 Å². The Morgan fingerprint density at radius 1 is 1.42 bits per heavy atom. The zero-order chi connectivity index (χ0) is 13.9.